The number of hydrogen-bond donors (Lipinski definition) is 0. The molecule has 0 atom stereocenters. The third-order valence-electron chi connectivity index (χ3n) is 4.51. The smallest absolute Gasteiger partial charge is 0.160 e. The first kappa shape index (κ1) is 16.9. The Bertz CT molecular complexity index is 1080. The van der Waals surface area contributed by atoms with E-state index in [9.17, 15) is 4.79 Å². The number of rotatable bonds is 5. The van der Waals surface area contributed by atoms with Crippen LogP contribution in [0, 0.1) is 0 Å². The van der Waals surface area contributed by atoms with Gasteiger partial charge < -0.3 is 0 Å². The van der Waals surface area contributed by atoms with Crippen molar-refractivity contribution in [2.45, 2.75) is 13.5 Å². The normalized spacial score (nSPS) is 10.7. The summed E-state index contributed by atoms with van der Waals surface area (Å²) in [5, 5.41) is 4.70. The van der Waals surface area contributed by atoms with Gasteiger partial charge in [0.2, 0.25) is 0 Å². The number of aromatic nitrogens is 3. The molecule has 2 heterocycles. The predicted octanol–water partition coefficient (Wildman–Crippen LogP) is 4.86. The second kappa shape index (κ2) is 7.38. The van der Waals surface area contributed by atoms with E-state index >= 15 is 0 Å². The van der Waals surface area contributed by atoms with E-state index in [2.05, 4.69) is 11.1 Å². The first-order chi connectivity index (χ1) is 13.2. The molecule has 0 aliphatic rings. The van der Waals surface area contributed by atoms with Gasteiger partial charge in [-0.15, -0.1) is 0 Å². The summed E-state index contributed by atoms with van der Waals surface area (Å²) in [5.41, 5.74) is 5.79. The van der Waals surface area contributed by atoms with Crippen molar-refractivity contribution in [3.05, 3.63) is 96.4 Å². The van der Waals surface area contributed by atoms with Crippen LogP contribution >= 0.6 is 0 Å². The molecule has 0 spiro atoms. The maximum absolute atomic E-state index is 12.0. The van der Waals surface area contributed by atoms with Crippen LogP contribution in [0.1, 0.15) is 22.8 Å². The minimum Gasteiger partial charge on any atom is -0.294 e. The van der Waals surface area contributed by atoms with E-state index in [0.29, 0.717) is 6.54 Å². The van der Waals surface area contributed by atoms with E-state index in [1.165, 1.54) is 0 Å². The highest BCUT2D eigenvalue weighted by Crippen LogP contribution is 2.28. The van der Waals surface area contributed by atoms with Crippen molar-refractivity contribution in [1.29, 1.82) is 0 Å². The zero-order valence-corrected chi connectivity index (χ0v) is 15.0. The van der Waals surface area contributed by atoms with Crippen LogP contribution in [0.3, 0.4) is 0 Å². The molecule has 27 heavy (non-hydrogen) atoms. The standard InChI is InChI=1S/C23H19N3O/c1-17(27)21-7-2-3-8-22(21)19-5-4-6-20(15-19)23-11-14-26(25-23)16-18-9-12-24-13-10-18/h2-15H,16H2,1H3. The van der Waals surface area contributed by atoms with Gasteiger partial charge in [-0.25, -0.2) is 0 Å². The maximum Gasteiger partial charge on any atom is 0.160 e. The lowest BCUT2D eigenvalue weighted by atomic mass is 9.96. The number of ketones is 1. The van der Waals surface area contributed by atoms with Crippen molar-refractivity contribution in [1.82, 2.24) is 14.8 Å². The molecular formula is C23H19N3O. The van der Waals surface area contributed by atoms with E-state index in [1.54, 1.807) is 19.3 Å². The van der Waals surface area contributed by atoms with E-state index in [1.807, 2.05) is 71.5 Å². The van der Waals surface area contributed by atoms with Crippen LogP contribution < -0.4 is 0 Å². The summed E-state index contributed by atoms with van der Waals surface area (Å²) in [6.45, 7) is 2.30. The lowest BCUT2D eigenvalue weighted by Gasteiger charge is -2.08. The summed E-state index contributed by atoms with van der Waals surface area (Å²) in [5.74, 6) is 0.0673. The summed E-state index contributed by atoms with van der Waals surface area (Å²) in [4.78, 5) is 16.0. The van der Waals surface area contributed by atoms with Crippen LogP contribution in [0.4, 0.5) is 0 Å². The quantitative estimate of drug-likeness (QED) is 0.481. The minimum atomic E-state index is 0.0673. The molecule has 4 aromatic rings. The molecule has 0 bridgehead atoms. The van der Waals surface area contributed by atoms with Gasteiger partial charge in [0.15, 0.2) is 5.78 Å². The Labute approximate surface area is 158 Å². The molecule has 0 aliphatic carbocycles. The van der Waals surface area contributed by atoms with Gasteiger partial charge in [-0.2, -0.15) is 5.10 Å². The monoisotopic (exact) mass is 353 g/mol. The first-order valence-corrected chi connectivity index (χ1v) is 8.84. The Balaban J connectivity index is 1.65. The van der Waals surface area contributed by atoms with Gasteiger partial charge in [-0.05, 0) is 47.9 Å². The van der Waals surface area contributed by atoms with Crippen LogP contribution in [0.15, 0.2) is 85.3 Å². The maximum atomic E-state index is 12.0. The molecule has 0 amide bonds. The molecule has 0 saturated heterocycles. The van der Waals surface area contributed by atoms with E-state index in [0.717, 1.165) is 33.5 Å². The van der Waals surface area contributed by atoms with E-state index in [4.69, 9.17) is 5.10 Å². The molecule has 0 N–H and O–H groups in total. The van der Waals surface area contributed by atoms with Crippen molar-refractivity contribution in [2.24, 2.45) is 0 Å². The summed E-state index contributed by atoms with van der Waals surface area (Å²) in [7, 11) is 0. The molecule has 0 aliphatic heterocycles. The third kappa shape index (κ3) is 3.70. The van der Waals surface area contributed by atoms with Gasteiger partial charge in [0, 0.05) is 29.7 Å². The average molecular weight is 353 g/mol. The molecule has 4 nitrogen and oxygen atoms in total. The van der Waals surface area contributed by atoms with Crippen LogP contribution in [-0.4, -0.2) is 20.5 Å². The summed E-state index contributed by atoms with van der Waals surface area (Å²) in [6, 6.07) is 21.8. The van der Waals surface area contributed by atoms with Gasteiger partial charge in [-0.1, -0.05) is 42.5 Å². The number of carbonyl (C=O) groups is 1. The van der Waals surface area contributed by atoms with Crippen LogP contribution in [0.5, 0.6) is 0 Å². The molecule has 132 valence electrons. The molecule has 2 aromatic carbocycles. The van der Waals surface area contributed by atoms with Crippen molar-refractivity contribution < 1.29 is 4.79 Å². The first-order valence-electron chi connectivity index (χ1n) is 8.84. The molecule has 0 fully saturated rings. The van der Waals surface area contributed by atoms with Crippen molar-refractivity contribution in [2.75, 3.05) is 0 Å². The highest BCUT2D eigenvalue weighted by atomic mass is 16.1. The number of nitrogens with zero attached hydrogens (tertiary/aromatic N) is 3. The molecule has 0 unspecified atom stereocenters. The number of hydrogen-bond acceptors (Lipinski definition) is 3. The zero-order valence-electron chi connectivity index (χ0n) is 15.0. The van der Waals surface area contributed by atoms with Crippen molar-refractivity contribution in [3.63, 3.8) is 0 Å². The summed E-state index contributed by atoms with van der Waals surface area (Å²) >= 11 is 0. The molecule has 4 rings (SSSR count). The molecule has 0 radical (unpaired) electrons. The zero-order chi connectivity index (χ0) is 18.6. The second-order valence-corrected chi connectivity index (χ2v) is 6.44. The fourth-order valence-electron chi connectivity index (χ4n) is 3.17. The SMILES string of the molecule is CC(=O)c1ccccc1-c1cccc(-c2ccn(Cc3ccncc3)n2)c1. The Hall–Kier alpha value is -3.53. The molecule has 0 saturated carbocycles. The highest BCUT2D eigenvalue weighted by molar-refractivity contribution is 6.01. The summed E-state index contributed by atoms with van der Waals surface area (Å²) in [6.07, 6.45) is 5.55. The number of carbonyl (C=O) groups excluding carboxylic acids is 1. The Kier molecular flexibility index (Phi) is 4.62. The average Bonchev–Trinajstić information content (AvgIpc) is 3.17. The van der Waals surface area contributed by atoms with Crippen molar-refractivity contribution >= 4 is 5.78 Å². The lowest BCUT2D eigenvalue weighted by molar-refractivity contribution is 0.101. The number of benzene rings is 2. The lowest BCUT2D eigenvalue weighted by Crippen LogP contribution is -2.00. The Morgan fingerprint density at radius 3 is 2.52 bits per heavy atom. The largest absolute Gasteiger partial charge is 0.294 e. The Morgan fingerprint density at radius 1 is 0.926 bits per heavy atom. The van der Waals surface area contributed by atoms with Crippen molar-refractivity contribution in [3.8, 4) is 22.4 Å². The van der Waals surface area contributed by atoms with Crippen LogP contribution in [0.25, 0.3) is 22.4 Å². The van der Waals surface area contributed by atoms with Crippen LogP contribution in [0.2, 0.25) is 0 Å². The van der Waals surface area contributed by atoms with Gasteiger partial charge >= 0.3 is 0 Å². The van der Waals surface area contributed by atoms with E-state index in [-0.39, 0.29) is 5.78 Å². The third-order valence-corrected chi connectivity index (χ3v) is 4.51. The summed E-state index contributed by atoms with van der Waals surface area (Å²) < 4.78 is 1.92. The van der Waals surface area contributed by atoms with E-state index < -0.39 is 0 Å². The Morgan fingerprint density at radius 2 is 1.70 bits per heavy atom. The topological polar surface area (TPSA) is 47.8 Å². The molecular weight excluding hydrogens is 334 g/mol. The molecule has 2 aromatic heterocycles. The highest BCUT2D eigenvalue weighted by Gasteiger charge is 2.10. The fourth-order valence-corrected chi connectivity index (χ4v) is 3.17. The minimum absolute atomic E-state index is 0.0673. The number of Topliss-reactive ketones (excluding diaryl/α,β-unsaturated/α-hetero) is 1. The van der Waals surface area contributed by atoms with Gasteiger partial charge in [0.1, 0.15) is 0 Å². The fraction of sp³-hybridized carbons (Fsp3) is 0.0870. The predicted molar refractivity (Wildman–Crippen MR) is 106 cm³/mol. The molecule has 4 heteroatoms. The van der Waals surface area contributed by atoms with Gasteiger partial charge in [0.05, 0.1) is 12.2 Å². The van der Waals surface area contributed by atoms with Gasteiger partial charge in [0.25, 0.3) is 0 Å². The second-order valence-electron chi connectivity index (χ2n) is 6.44. The van der Waals surface area contributed by atoms with Gasteiger partial charge in [-0.3, -0.25) is 14.5 Å². The number of pyridine rings is 1. The van der Waals surface area contributed by atoms with Crippen LogP contribution in [-0.2, 0) is 6.54 Å².